The lowest BCUT2D eigenvalue weighted by Gasteiger charge is -2.35. The monoisotopic (exact) mass is 626 g/mol. The van der Waals surface area contributed by atoms with Gasteiger partial charge in [-0.1, -0.05) is 17.7 Å². The number of aromatic nitrogens is 1. The molecule has 1 unspecified atom stereocenters. The summed E-state index contributed by atoms with van der Waals surface area (Å²) in [5.74, 6) is -3.50. The molecule has 1 fully saturated rings. The maximum atomic E-state index is 15.9. The highest BCUT2D eigenvalue weighted by atomic mass is 35.5. The Morgan fingerprint density at radius 2 is 1.83 bits per heavy atom. The molecular weight excluding hydrogens is 593 g/mol. The number of benzene rings is 2. The van der Waals surface area contributed by atoms with Crippen LogP contribution in [0.15, 0.2) is 47.4 Å². The van der Waals surface area contributed by atoms with Crippen LogP contribution in [0, 0.1) is 17.6 Å². The van der Waals surface area contributed by atoms with E-state index >= 15 is 8.78 Å². The van der Waals surface area contributed by atoms with Crippen molar-refractivity contribution in [2.45, 2.75) is 56.6 Å². The Hall–Kier alpha value is -3.22. The highest BCUT2D eigenvalue weighted by Crippen LogP contribution is 2.40. The van der Waals surface area contributed by atoms with Crippen molar-refractivity contribution in [2.75, 3.05) is 36.5 Å². The molecule has 4 rings (SSSR count). The summed E-state index contributed by atoms with van der Waals surface area (Å²) in [6.07, 6.45) is 0.673. The largest absolute Gasteiger partial charge is 0.497 e. The molecule has 1 aliphatic heterocycles. The predicted octanol–water partition coefficient (Wildman–Crippen LogP) is 5.92. The van der Waals surface area contributed by atoms with E-state index in [0.717, 1.165) is 12.1 Å². The van der Waals surface area contributed by atoms with Gasteiger partial charge in [0.15, 0.2) is 10.7 Å². The van der Waals surface area contributed by atoms with Gasteiger partial charge in [-0.15, -0.1) is 0 Å². The Morgan fingerprint density at radius 3 is 2.45 bits per heavy atom. The van der Waals surface area contributed by atoms with Gasteiger partial charge in [0, 0.05) is 41.9 Å². The average molecular weight is 627 g/mol. The predicted molar refractivity (Wildman–Crippen MR) is 157 cm³/mol. The fraction of sp³-hybridized carbons (Fsp3) is 0.414. The van der Waals surface area contributed by atoms with Crippen molar-refractivity contribution in [3.8, 4) is 11.5 Å². The van der Waals surface area contributed by atoms with Crippen LogP contribution in [0.3, 0.4) is 0 Å². The van der Waals surface area contributed by atoms with Gasteiger partial charge in [-0.25, -0.2) is 26.5 Å². The normalized spacial score (nSPS) is 17.4. The van der Waals surface area contributed by atoms with Crippen LogP contribution in [0.25, 0.3) is 0 Å². The number of nitrogens with one attached hydrogen (secondary N) is 1. The fourth-order valence-electron chi connectivity index (χ4n) is 5.28. The minimum Gasteiger partial charge on any atom is -0.497 e. The SMILES string of the molecule is COc1ccc(CN(c2cccc(F)n2)S(=O)(=O)c2c(F)cc(N3CCC(C)(NC(C)(C)C)C3)c(Cl)c2F)c(OC)c1. The number of methoxy groups -OCH3 is 2. The van der Waals surface area contributed by atoms with E-state index in [4.69, 9.17) is 21.1 Å². The summed E-state index contributed by atoms with van der Waals surface area (Å²) in [7, 11) is -2.21. The van der Waals surface area contributed by atoms with Crippen LogP contribution in [0.1, 0.15) is 39.7 Å². The van der Waals surface area contributed by atoms with Gasteiger partial charge in [-0.2, -0.15) is 4.39 Å². The van der Waals surface area contributed by atoms with Gasteiger partial charge in [-0.3, -0.25) is 0 Å². The molecule has 0 radical (unpaired) electrons. The van der Waals surface area contributed by atoms with Crippen LogP contribution in [0.5, 0.6) is 11.5 Å². The van der Waals surface area contributed by atoms with Crippen molar-refractivity contribution in [3.05, 3.63) is 70.6 Å². The Bertz CT molecular complexity index is 1590. The Morgan fingerprint density at radius 1 is 1.12 bits per heavy atom. The number of hydrogen-bond donors (Lipinski definition) is 1. The molecule has 3 aromatic rings. The van der Waals surface area contributed by atoms with E-state index < -0.39 is 49.9 Å². The maximum Gasteiger partial charge on any atom is 0.271 e. The Kier molecular flexibility index (Phi) is 8.92. The first-order chi connectivity index (χ1) is 19.6. The highest BCUT2D eigenvalue weighted by molar-refractivity contribution is 7.92. The van der Waals surface area contributed by atoms with Gasteiger partial charge < -0.3 is 19.7 Å². The Labute approximate surface area is 249 Å². The fourth-order valence-corrected chi connectivity index (χ4v) is 7.12. The van der Waals surface area contributed by atoms with Crippen LogP contribution in [-0.4, -0.2) is 51.8 Å². The molecule has 1 atom stereocenters. The number of sulfonamides is 1. The van der Waals surface area contributed by atoms with Gasteiger partial charge in [0.05, 0.1) is 26.5 Å². The molecule has 2 aromatic carbocycles. The summed E-state index contributed by atoms with van der Waals surface area (Å²) in [6, 6.07) is 9.01. The van der Waals surface area contributed by atoms with E-state index in [1.807, 2.05) is 27.7 Å². The highest BCUT2D eigenvalue weighted by Gasteiger charge is 2.40. The standard InChI is InChI=1S/C29H34ClF3N4O4S/c1-28(2,3)35-29(4)12-13-36(17-29)21-15-20(31)27(26(33)25(21)30)42(38,39)37(24-9-7-8-23(32)34-24)16-18-10-11-19(40-5)14-22(18)41-6/h7-11,14-15,35H,12-13,16-17H2,1-6H3. The molecule has 0 bridgehead atoms. The van der Waals surface area contributed by atoms with Crippen molar-refractivity contribution in [2.24, 2.45) is 0 Å². The summed E-state index contributed by atoms with van der Waals surface area (Å²) in [6.45, 7) is 8.42. The van der Waals surface area contributed by atoms with E-state index in [0.29, 0.717) is 35.1 Å². The second kappa shape index (κ2) is 11.8. The maximum absolute atomic E-state index is 15.9. The number of nitrogens with zero attached hydrogens (tertiary/aromatic N) is 3. The minimum atomic E-state index is -5.03. The number of ether oxygens (including phenoxy) is 2. The zero-order chi connectivity index (χ0) is 31.0. The third-order valence-corrected chi connectivity index (χ3v) is 9.05. The molecule has 228 valence electrons. The number of anilines is 2. The summed E-state index contributed by atoms with van der Waals surface area (Å²) < 4.78 is 85.0. The molecule has 0 saturated carbocycles. The smallest absolute Gasteiger partial charge is 0.271 e. The molecule has 1 aromatic heterocycles. The molecule has 0 aliphatic carbocycles. The summed E-state index contributed by atoms with van der Waals surface area (Å²) >= 11 is 6.40. The van der Waals surface area contributed by atoms with Crippen molar-refractivity contribution in [1.82, 2.24) is 10.3 Å². The quantitative estimate of drug-likeness (QED) is 0.233. The lowest BCUT2D eigenvalue weighted by atomic mass is 9.96. The van der Waals surface area contributed by atoms with Crippen LogP contribution < -0.4 is 24.0 Å². The van der Waals surface area contributed by atoms with E-state index in [2.05, 4.69) is 10.3 Å². The van der Waals surface area contributed by atoms with Gasteiger partial charge in [0.2, 0.25) is 5.95 Å². The van der Waals surface area contributed by atoms with Crippen LogP contribution in [-0.2, 0) is 16.6 Å². The minimum absolute atomic E-state index is 0.0392. The second-order valence-corrected chi connectivity index (χ2v) is 13.6. The first-order valence-corrected chi connectivity index (χ1v) is 15.0. The molecule has 1 N–H and O–H groups in total. The molecule has 13 heteroatoms. The van der Waals surface area contributed by atoms with E-state index in [1.54, 1.807) is 11.0 Å². The molecular formula is C29H34ClF3N4O4S. The molecule has 0 spiro atoms. The lowest BCUT2D eigenvalue weighted by Crippen LogP contribution is -2.53. The third kappa shape index (κ3) is 6.55. The first-order valence-electron chi connectivity index (χ1n) is 13.2. The molecule has 0 amide bonds. The summed E-state index contributed by atoms with van der Waals surface area (Å²) in [5.41, 5.74) is -0.225. The number of pyridine rings is 1. The molecule has 1 saturated heterocycles. The van der Waals surface area contributed by atoms with Crippen LogP contribution in [0.4, 0.5) is 24.7 Å². The zero-order valence-electron chi connectivity index (χ0n) is 24.3. The molecule has 1 aliphatic rings. The number of rotatable bonds is 9. The van der Waals surface area contributed by atoms with Crippen LogP contribution >= 0.6 is 11.6 Å². The Balaban J connectivity index is 1.79. The zero-order valence-corrected chi connectivity index (χ0v) is 25.8. The van der Waals surface area contributed by atoms with Gasteiger partial charge in [0.1, 0.15) is 28.2 Å². The van der Waals surface area contributed by atoms with Crippen molar-refractivity contribution < 1.29 is 31.1 Å². The summed E-state index contributed by atoms with van der Waals surface area (Å²) in [5, 5.41) is 2.99. The number of halogens is 4. The first kappa shape index (κ1) is 31.7. The third-order valence-electron chi connectivity index (χ3n) is 6.90. The molecule has 2 heterocycles. The average Bonchev–Trinajstić information content (AvgIpc) is 3.28. The van der Waals surface area contributed by atoms with Crippen LogP contribution in [0.2, 0.25) is 5.02 Å². The van der Waals surface area contributed by atoms with Gasteiger partial charge >= 0.3 is 0 Å². The topological polar surface area (TPSA) is 84.0 Å². The lowest BCUT2D eigenvalue weighted by molar-refractivity contribution is 0.283. The van der Waals surface area contributed by atoms with E-state index in [9.17, 15) is 12.8 Å². The molecule has 8 nitrogen and oxygen atoms in total. The van der Waals surface area contributed by atoms with Crippen molar-refractivity contribution >= 4 is 33.1 Å². The summed E-state index contributed by atoms with van der Waals surface area (Å²) in [4.78, 5) is 4.13. The van der Waals surface area contributed by atoms with Gasteiger partial charge in [0.25, 0.3) is 10.0 Å². The van der Waals surface area contributed by atoms with E-state index in [-0.39, 0.29) is 22.5 Å². The van der Waals surface area contributed by atoms with Crippen molar-refractivity contribution in [1.29, 1.82) is 0 Å². The van der Waals surface area contributed by atoms with E-state index in [1.165, 1.54) is 38.5 Å². The molecule has 42 heavy (non-hydrogen) atoms. The second-order valence-electron chi connectivity index (χ2n) is 11.4. The van der Waals surface area contributed by atoms with Crippen molar-refractivity contribution in [3.63, 3.8) is 0 Å². The number of hydrogen-bond acceptors (Lipinski definition) is 7. The van der Waals surface area contributed by atoms with Gasteiger partial charge in [-0.05, 0) is 58.4 Å².